The Bertz CT molecular complexity index is 1440. The van der Waals surface area contributed by atoms with Gasteiger partial charge in [-0.1, -0.05) is 17.3 Å². The molecule has 1 aromatic heterocycles. The highest BCUT2D eigenvalue weighted by Crippen LogP contribution is 2.44. The Kier molecular flexibility index (Phi) is 5.29. The normalized spacial score (nSPS) is 21.8. The number of nitrogens with zero attached hydrogens (tertiary/aromatic N) is 3. The third-order valence-corrected chi connectivity index (χ3v) is 7.61. The zero-order valence-electron chi connectivity index (χ0n) is 17.9. The minimum Gasteiger partial charge on any atom is -0.354 e. The maximum atomic E-state index is 15.1. The van der Waals surface area contributed by atoms with Crippen LogP contribution in [0.5, 0.6) is 0 Å². The highest BCUT2D eigenvalue weighted by atomic mass is 32.2. The first-order chi connectivity index (χ1) is 16.4. The van der Waals surface area contributed by atoms with Crippen LogP contribution in [0.15, 0.2) is 34.9 Å². The van der Waals surface area contributed by atoms with Crippen LogP contribution < -0.4 is 9.62 Å². The van der Waals surface area contributed by atoms with Crippen molar-refractivity contribution in [2.75, 3.05) is 23.7 Å². The number of urea groups is 1. The average Bonchev–Trinajstić information content (AvgIpc) is 3.41. The summed E-state index contributed by atoms with van der Waals surface area (Å²) in [5.74, 6) is -7.83. The topological polar surface area (TPSA) is 95.8 Å². The first-order valence-electron chi connectivity index (χ1n) is 10.4. The Hall–Kier alpha value is -3.26. The highest BCUT2D eigenvalue weighted by molar-refractivity contribution is 7.89. The van der Waals surface area contributed by atoms with Gasteiger partial charge in [-0.05, 0) is 13.0 Å². The number of hydrogen-bond acceptors (Lipinski definition) is 5. The van der Waals surface area contributed by atoms with Crippen LogP contribution in [-0.4, -0.2) is 61.4 Å². The number of aromatic nitrogens is 1. The second-order valence-corrected chi connectivity index (χ2v) is 10.3. The van der Waals surface area contributed by atoms with Gasteiger partial charge in [0.05, 0.1) is 23.2 Å². The van der Waals surface area contributed by atoms with Gasteiger partial charge in [-0.2, -0.15) is 0 Å². The molecule has 5 rings (SSSR count). The van der Waals surface area contributed by atoms with E-state index in [1.165, 1.54) is 25.1 Å². The van der Waals surface area contributed by atoms with Crippen LogP contribution in [0.1, 0.15) is 6.92 Å². The van der Waals surface area contributed by atoms with E-state index >= 15 is 8.78 Å². The van der Waals surface area contributed by atoms with Crippen LogP contribution in [0.4, 0.5) is 32.6 Å². The number of rotatable bonds is 5. The lowest BCUT2D eigenvalue weighted by Crippen LogP contribution is -2.51. The molecule has 0 spiro atoms. The molecule has 3 heterocycles. The molecule has 2 fully saturated rings. The largest absolute Gasteiger partial charge is 0.354 e. The van der Waals surface area contributed by atoms with Gasteiger partial charge in [0.25, 0.3) is 5.92 Å². The van der Waals surface area contributed by atoms with Crippen molar-refractivity contribution in [3.05, 3.63) is 47.8 Å². The van der Waals surface area contributed by atoms with Gasteiger partial charge in [-0.25, -0.2) is 39.9 Å². The number of fused-ring (bicyclic) bond motifs is 2. The van der Waals surface area contributed by atoms with Crippen molar-refractivity contribution >= 4 is 32.8 Å². The molecule has 8 nitrogen and oxygen atoms in total. The molecular weight excluding hydrogens is 499 g/mol. The molecule has 0 saturated carbocycles. The fourth-order valence-electron chi connectivity index (χ4n) is 4.48. The molecule has 2 aromatic carbocycles. The van der Waals surface area contributed by atoms with E-state index in [1.807, 2.05) is 4.72 Å². The fraction of sp³-hybridized carbons (Fsp3) is 0.333. The number of sulfonamides is 1. The quantitative estimate of drug-likeness (QED) is 0.524. The monoisotopic (exact) mass is 516 g/mol. The van der Waals surface area contributed by atoms with Crippen LogP contribution in [0.2, 0.25) is 0 Å². The number of carbonyl (C=O) groups excluding carboxylic acids is 1. The molecule has 0 radical (unpaired) electrons. The van der Waals surface area contributed by atoms with Crippen LogP contribution in [-0.2, 0) is 10.0 Å². The number of alkyl halides is 2. The van der Waals surface area contributed by atoms with E-state index in [-0.39, 0.29) is 22.4 Å². The van der Waals surface area contributed by atoms with E-state index in [0.717, 1.165) is 9.80 Å². The van der Waals surface area contributed by atoms with Crippen LogP contribution in [0, 0.1) is 17.5 Å². The van der Waals surface area contributed by atoms with Crippen LogP contribution in [0.25, 0.3) is 22.1 Å². The van der Waals surface area contributed by atoms with Gasteiger partial charge >= 0.3 is 6.03 Å². The van der Waals surface area contributed by atoms with Crippen molar-refractivity contribution in [1.82, 2.24) is 14.8 Å². The van der Waals surface area contributed by atoms with E-state index in [1.54, 1.807) is 0 Å². The summed E-state index contributed by atoms with van der Waals surface area (Å²) < 4.78 is 103. The lowest BCUT2D eigenvalue weighted by molar-refractivity contribution is -0.0324. The SMILES string of the molecule is CCS(=O)(=O)N[C@@H]1CN2C(=O)N(c3noc4cccc(-c5c(F)cc(F)cc5F)c34)C[C@@H]2C1(F)F. The lowest BCUT2D eigenvalue weighted by atomic mass is 10.00. The molecule has 2 aliphatic rings. The highest BCUT2D eigenvalue weighted by Gasteiger charge is 2.63. The molecule has 14 heteroatoms. The van der Waals surface area contributed by atoms with Gasteiger partial charge in [0.15, 0.2) is 11.4 Å². The Morgan fingerprint density at radius 3 is 2.49 bits per heavy atom. The zero-order chi connectivity index (χ0) is 25.3. The zero-order valence-corrected chi connectivity index (χ0v) is 18.8. The smallest absolute Gasteiger partial charge is 0.326 e. The van der Waals surface area contributed by atoms with Crippen molar-refractivity contribution in [3.8, 4) is 11.1 Å². The van der Waals surface area contributed by atoms with Gasteiger partial charge in [-0.15, -0.1) is 0 Å². The number of benzene rings is 2. The predicted molar refractivity (Wildman–Crippen MR) is 114 cm³/mol. The molecular formula is C21H17F5N4O4S. The Morgan fingerprint density at radius 2 is 1.86 bits per heavy atom. The molecule has 0 unspecified atom stereocenters. The van der Waals surface area contributed by atoms with Gasteiger partial charge in [-0.3, -0.25) is 4.90 Å². The van der Waals surface area contributed by atoms with E-state index in [4.69, 9.17) is 4.52 Å². The average molecular weight is 516 g/mol. The van der Waals surface area contributed by atoms with E-state index in [0.29, 0.717) is 12.1 Å². The van der Waals surface area contributed by atoms with Gasteiger partial charge in [0.2, 0.25) is 10.0 Å². The third-order valence-electron chi connectivity index (χ3n) is 6.21. The summed E-state index contributed by atoms with van der Waals surface area (Å²) >= 11 is 0. The van der Waals surface area contributed by atoms with Gasteiger partial charge < -0.3 is 9.42 Å². The second kappa shape index (κ2) is 7.88. The minimum absolute atomic E-state index is 0.0147. The second-order valence-electron chi connectivity index (χ2n) is 8.24. The molecule has 0 aliphatic carbocycles. The van der Waals surface area contributed by atoms with Crippen molar-refractivity contribution in [1.29, 1.82) is 0 Å². The molecule has 2 saturated heterocycles. The Labute approximate surface area is 195 Å². The third kappa shape index (κ3) is 3.62. The summed E-state index contributed by atoms with van der Waals surface area (Å²) in [6.07, 6.45) is 0. The molecule has 3 aromatic rings. The van der Waals surface area contributed by atoms with E-state index < -0.39 is 75.9 Å². The summed E-state index contributed by atoms with van der Waals surface area (Å²) in [5, 5.41) is 3.76. The first-order valence-corrected chi connectivity index (χ1v) is 12.1. The number of nitrogens with one attached hydrogen (secondary N) is 1. The summed E-state index contributed by atoms with van der Waals surface area (Å²) in [7, 11) is -3.96. The number of halogens is 5. The molecule has 2 amide bonds. The fourth-order valence-corrected chi connectivity index (χ4v) is 5.32. The Balaban J connectivity index is 1.55. The van der Waals surface area contributed by atoms with Crippen molar-refractivity contribution < 1.29 is 39.7 Å². The van der Waals surface area contributed by atoms with E-state index in [2.05, 4.69) is 5.16 Å². The molecule has 2 aliphatic heterocycles. The number of anilines is 1. The molecule has 35 heavy (non-hydrogen) atoms. The standard InChI is InChI=1S/C21H17F5N4O4S/c1-2-35(32,33)28-15-8-29-16(21(15,25)26)9-30(20(29)31)19-18-11(4-3-5-14(18)34-27-19)17-12(23)6-10(22)7-13(17)24/h3-7,15-16,28H,2,8-9H2,1H3/t15-,16-/m1/s1. The van der Waals surface area contributed by atoms with Gasteiger partial charge in [0.1, 0.15) is 29.5 Å². The number of hydrogen-bond donors (Lipinski definition) is 1. The summed E-state index contributed by atoms with van der Waals surface area (Å²) in [5.41, 5.74) is -0.706. The summed E-state index contributed by atoms with van der Waals surface area (Å²) in [6, 6.07) is 0.678. The van der Waals surface area contributed by atoms with Crippen LogP contribution >= 0.6 is 0 Å². The number of amides is 2. The molecule has 2 atom stereocenters. The minimum atomic E-state index is -3.96. The number of carbonyl (C=O) groups is 1. The molecule has 0 bridgehead atoms. The summed E-state index contributed by atoms with van der Waals surface area (Å²) in [4.78, 5) is 14.8. The Morgan fingerprint density at radius 1 is 1.17 bits per heavy atom. The van der Waals surface area contributed by atoms with Crippen molar-refractivity contribution in [2.45, 2.75) is 24.9 Å². The van der Waals surface area contributed by atoms with Crippen LogP contribution in [0.3, 0.4) is 0 Å². The van der Waals surface area contributed by atoms with Gasteiger partial charge in [0, 0.05) is 24.2 Å². The van der Waals surface area contributed by atoms with Crippen molar-refractivity contribution in [2.24, 2.45) is 0 Å². The molecule has 186 valence electrons. The van der Waals surface area contributed by atoms with E-state index in [9.17, 15) is 26.4 Å². The predicted octanol–water partition coefficient (Wildman–Crippen LogP) is 3.48. The first kappa shape index (κ1) is 23.5. The van der Waals surface area contributed by atoms with Crippen molar-refractivity contribution in [3.63, 3.8) is 0 Å². The maximum absolute atomic E-state index is 15.1. The molecule has 1 N–H and O–H groups in total. The summed E-state index contributed by atoms with van der Waals surface area (Å²) in [6.45, 7) is 0.125. The maximum Gasteiger partial charge on any atom is 0.326 e. The lowest BCUT2D eigenvalue weighted by Gasteiger charge is -2.23.